The number of amides is 1. The van der Waals surface area contributed by atoms with Crippen molar-refractivity contribution < 1.29 is 9.53 Å². The van der Waals surface area contributed by atoms with Crippen molar-refractivity contribution in [3.8, 4) is 0 Å². The second kappa shape index (κ2) is 7.59. The van der Waals surface area contributed by atoms with E-state index in [0.29, 0.717) is 17.7 Å². The highest BCUT2D eigenvalue weighted by atomic mass is 16.5. The number of aromatic nitrogens is 3. The monoisotopic (exact) mass is 380 g/mol. The van der Waals surface area contributed by atoms with Gasteiger partial charge in [0, 0.05) is 41.5 Å². The van der Waals surface area contributed by atoms with E-state index >= 15 is 0 Å². The number of rotatable bonds is 4. The smallest absolute Gasteiger partial charge is 0.255 e. The van der Waals surface area contributed by atoms with Crippen LogP contribution in [0.5, 0.6) is 0 Å². The molecule has 7 heteroatoms. The number of anilines is 1. The summed E-state index contributed by atoms with van der Waals surface area (Å²) in [5.41, 5.74) is 1.38. The number of nitrogens with one attached hydrogen (secondary N) is 2. The van der Waals surface area contributed by atoms with Gasteiger partial charge in [-0.25, -0.2) is 0 Å². The third-order valence-electron chi connectivity index (χ3n) is 5.21. The maximum atomic E-state index is 13.2. The molecular formula is C21H24N4O3. The second-order valence-corrected chi connectivity index (χ2v) is 7.40. The van der Waals surface area contributed by atoms with Gasteiger partial charge in [0.25, 0.3) is 5.56 Å². The number of aromatic amines is 1. The van der Waals surface area contributed by atoms with Crippen molar-refractivity contribution >= 4 is 22.4 Å². The molecule has 28 heavy (non-hydrogen) atoms. The fourth-order valence-electron chi connectivity index (χ4n) is 3.88. The molecule has 1 amide bonds. The summed E-state index contributed by atoms with van der Waals surface area (Å²) in [7, 11) is 0. The minimum atomic E-state index is -0.336. The molecule has 1 aliphatic heterocycles. The molecule has 0 saturated carbocycles. The lowest BCUT2D eigenvalue weighted by molar-refractivity contribution is -0.129. The van der Waals surface area contributed by atoms with E-state index in [1.165, 1.54) is 0 Å². The average Bonchev–Trinajstić information content (AvgIpc) is 3.19. The molecule has 2 atom stereocenters. The van der Waals surface area contributed by atoms with E-state index in [4.69, 9.17) is 4.74 Å². The number of fused-ring (bicyclic) bond motifs is 1. The van der Waals surface area contributed by atoms with E-state index < -0.39 is 0 Å². The molecule has 0 unspecified atom stereocenters. The van der Waals surface area contributed by atoms with Gasteiger partial charge in [-0.3, -0.25) is 14.3 Å². The van der Waals surface area contributed by atoms with Gasteiger partial charge in [-0.15, -0.1) is 0 Å². The lowest BCUT2D eigenvalue weighted by Crippen LogP contribution is -2.34. The summed E-state index contributed by atoms with van der Waals surface area (Å²) in [6.45, 7) is 4.74. The molecule has 1 aliphatic rings. The molecule has 3 aromatic rings. The summed E-state index contributed by atoms with van der Waals surface area (Å²) >= 11 is 0. The quantitative estimate of drug-likeness (QED) is 0.726. The number of carbonyl (C=O) groups is 1. The van der Waals surface area contributed by atoms with Crippen molar-refractivity contribution in [3.05, 3.63) is 58.8 Å². The first-order valence-corrected chi connectivity index (χ1v) is 9.62. The topological polar surface area (TPSA) is 89.0 Å². The van der Waals surface area contributed by atoms with E-state index in [1.54, 1.807) is 30.6 Å². The van der Waals surface area contributed by atoms with Crippen molar-refractivity contribution in [2.75, 3.05) is 11.9 Å². The molecular weight excluding hydrogens is 356 g/mol. The van der Waals surface area contributed by atoms with Crippen LogP contribution in [-0.2, 0) is 9.53 Å². The Morgan fingerprint density at radius 2 is 2.14 bits per heavy atom. The molecule has 2 N–H and O–H groups in total. The summed E-state index contributed by atoms with van der Waals surface area (Å²) < 4.78 is 7.93. The van der Waals surface area contributed by atoms with Crippen molar-refractivity contribution in [2.24, 2.45) is 5.92 Å². The predicted octanol–water partition coefficient (Wildman–Crippen LogP) is 3.41. The fourth-order valence-corrected chi connectivity index (χ4v) is 3.88. The molecule has 0 spiro atoms. The number of ether oxygens (including phenoxy) is 1. The van der Waals surface area contributed by atoms with E-state index in [9.17, 15) is 9.59 Å². The Hall–Kier alpha value is -2.93. The van der Waals surface area contributed by atoms with Crippen molar-refractivity contribution in [1.82, 2.24) is 14.8 Å². The van der Waals surface area contributed by atoms with Crippen LogP contribution in [0.25, 0.3) is 10.8 Å². The maximum absolute atomic E-state index is 13.2. The number of nitrogens with zero attached hydrogens (tertiary/aromatic N) is 2. The Bertz CT molecular complexity index is 1050. The standard InChI is InChI=1S/C21H24N4O3/c1-13(2)25-18(9-11-23-25)19-16(6-4-12-28-19)21(27)24-17-7-3-5-15-14(17)8-10-22-20(15)26/h3,5,7-11,13,16,19H,4,6,12H2,1-2H3,(H,22,26)(H,24,27)/t16-,19-/m1/s1. The number of benzene rings is 1. The zero-order valence-electron chi connectivity index (χ0n) is 16.0. The first-order chi connectivity index (χ1) is 13.6. The van der Waals surface area contributed by atoms with Crippen LogP contribution in [-0.4, -0.2) is 27.3 Å². The molecule has 146 valence electrons. The Morgan fingerprint density at radius 1 is 1.29 bits per heavy atom. The highest BCUT2D eigenvalue weighted by Gasteiger charge is 2.35. The van der Waals surface area contributed by atoms with Gasteiger partial charge >= 0.3 is 0 Å². The second-order valence-electron chi connectivity index (χ2n) is 7.40. The SMILES string of the molecule is CC(C)n1nccc1[C@@H]1OCCC[C@H]1C(=O)Nc1cccc2c(=O)[nH]ccc12. The molecule has 2 aromatic heterocycles. The maximum Gasteiger partial charge on any atom is 0.255 e. The molecule has 0 radical (unpaired) electrons. The summed E-state index contributed by atoms with van der Waals surface area (Å²) in [6.07, 6.45) is 4.58. The van der Waals surface area contributed by atoms with Gasteiger partial charge in [-0.2, -0.15) is 5.10 Å². The van der Waals surface area contributed by atoms with Crippen molar-refractivity contribution in [1.29, 1.82) is 0 Å². The van der Waals surface area contributed by atoms with Crippen LogP contribution in [0.15, 0.2) is 47.5 Å². The number of hydrogen-bond donors (Lipinski definition) is 2. The van der Waals surface area contributed by atoms with Crippen molar-refractivity contribution in [3.63, 3.8) is 0 Å². The fraction of sp³-hybridized carbons (Fsp3) is 0.381. The van der Waals surface area contributed by atoms with E-state index in [0.717, 1.165) is 23.9 Å². The van der Waals surface area contributed by atoms with E-state index in [-0.39, 0.29) is 29.5 Å². The summed E-state index contributed by atoms with van der Waals surface area (Å²) in [5, 5.41) is 8.68. The number of hydrogen-bond acceptors (Lipinski definition) is 4. The van der Waals surface area contributed by atoms with Crippen LogP contribution >= 0.6 is 0 Å². The van der Waals surface area contributed by atoms with E-state index in [1.807, 2.05) is 16.8 Å². The first-order valence-electron chi connectivity index (χ1n) is 9.62. The Balaban J connectivity index is 1.64. The van der Waals surface area contributed by atoms with Gasteiger partial charge in [-0.1, -0.05) is 6.07 Å². The highest BCUT2D eigenvalue weighted by molar-refractivity contribution is 6.02. The average molecular weight is 380 g/mol. The van der Waals surface area contributed by atoms with Gasteiger partial charge in [0.15, 0.2) is 0 Å². The lowest BCUT2D eigenvalue weighted by Gasteiger charge is -2.31. The minimum Gasteiger partial charge on any atom is -0.371 e. The third-order valence-corrected chi connectivity index (χ3v) is 5.21. The van der Waals surface area contributed by atoms with Crippen LogP contribution in [0.1, 0.15) is 44.5 Å². The summed E-state index contributed by atoms with van der Waals surface area (Å²) in [4.78, 5) is 27.9. The van der Waals surface area contributed by atoms with Crippen molar-refractivity contribution in [2.45, 2.75) is 38.8 Å². The molecule has 7 nitrogen and oxygen atoms in total. The minimum absolute atomic E-state index is 0.103. The molecule has 3 heterocycles. The molecule has 1 fully saturated rings. The normalized spacial score (nSPS) is 19.8. The third kappa shape index (κ3) is 3.33. The lowest BCUT2D eigenvalue weighted by atomic mass is 9.91. The first kappa shape index (κ1) is 18.4. The van der Waals surface area contributed by atoms with Crippen LogP contribution in [0, 0.1) is 5.92 Å². The number of pyridine rings is 1. The molecule has 0 aliphatic carbocycles. The molecule has 1 saturated heterocycles. The molecule has 1 aromatic carbocycles. The Morgan fingerprint density at radius 3 is 2.96 bits per heavy atom. The van der Waals surface area contributed by atoms with Crippen LogP contribution in [0.2, 0.25) is 0 Å². The van der Waals surface area contributed by atoms with Gasteiger partial charge in [0.1, 0.15) is 6.10 Å². The van der Waals surface area contributed by atoms with Gasteiger partial charge in [-0.05, 0) is 51.0 Å². The number of carbonyl (C=O) groups excluding carboxylic acids is 1. The summed E-state index contributed by atoms with van der Waals surface area (Å²) in [5.74, 6) is -0.422. The molecule has 0 bridgehead atoms. The van der Waals surface area contributed by atoms with Gasteiger partial charge in [0.05, 0.1) is 11.6 Å². The van der Waals surface area contributed by atoms with Crippen LogP contribution in [0.3, 0.4) is 0 Å². The van der Waals surface area contributed by atoms with Crippen LogP contribution < -0.4 is 10.9 Å². The Kier molecular flexibility index (Phi) is 5.00. The van der Waals surface area contributed by atoms with Gasteiger partial charge in [0.2, 0.25) is 5.91 Å². The highest BCUT2D eigenvalue weighted by Crippen LogP contribution is 2.35. The largest absolute Gasteiger partial charge is 0.371 e. The van der Waals surface area contributed by atoms with Crippen LogP contribution in [0.4, 0.5) is 5.69 Å². The van der Waals surface area contributed by atoms with E-state index in [2.05, 4.69) is 29.2 Å². The summed E-state index contributed by atoms with van der Waals surface area (Å²) in [6, 6.07) is 9.25. The zero-order valence-corrected chi connectivity index (χ0v) is 16.0. The molecule has 4 rings (SSSR count). The Labute approximate surface area is 162 Å². The zero-order chi connectivity index (χ0) is 19.7. The van der Waals surface area contributed by atoms with Gasteiger partial charge < -0.3 is 15.0 Å². The predicted molar refractivity (Wildman–Crippen MR) is 107 cm³/mol. The number of H-pyrrole nitrogens is 1.